The van der Waals surface area contributed by atoms with E-state index in [0.29, 0.717) is 60.6 Å². The molecule has 0 bridgehead atoms. The number of imide groups is 2. The van der Waals surface area contributed by atoms with Crippen molar-refractivity contribution >= 4 is 122 Å². The average molecular weight is 913 g/mol. The average Bonchev–Trinajstić information content (AvgIpc) is 3.21. The highest BCUT2D eigenvalue weighted by atomic mass is 35.5. The molecule has 5 aromatic rings. The van der Waals surface area contributed by atoms with Crippen LogP contribution in [0.15, 0.2) is 24.3 Å². The molecule has 2 aliphatic heterocycles. The van der Waals surface area contributed by atoms with E-state index in [9.17, 15) is 19.2 Å². The Morgan fingerprint density at radius 1 is 0.433 bits per heavy atom. The first-order chi connectivity index (χ1) is 28.9. The molecule has 0 aromatic heterocycles. The number of hydrogen-bond acceptors (Lipinski definition) is 6. The molecule has 8 nitrogen and oxygen atoms in total. The monoisotopic (exact) mass is 910 g/mol. The molecule has 0 spiro atoms. The van der Waals surface area contributed by atoms with Gasteiger partial charge in [-0.1, -0.05) is 150 Å². The lowest BCUT2D eigenvalue weighted by Gasteiger charge is -2.38. The van der Waals surface area contributed by atoms with Gasteiger partial charge in [-0.05, 0) is 44.5 Å². The molecule has 0 saturated heterocycles. The summed E-state index contributed by atoms with van der Waals surface area (Å²) in [5.74, 6) is -2.04. The minimum absolute atomic E-state index is 0.175. The molecule has 0 saturated carbocycles. The minimum Gasteiger partial charge on any atom is -0.378 e. The Morgan fingerprint density at radius 3 is 1.05 bits per heavy atom. The van der Waals surface area contributed by atoms with Crippen molar-refractivity contribution in [2.75, 3.05) is 19.8 Å². The van der Waals surface area contributed by atoms with Gasteiger partial charge in [0.05, 0.1) is 11.1 Å². The predicted octanol–water partition coefficient (Wildman–Crippen LogP) is 14.4. The van der Waals surface area contributed by atoms with Crippen LogP contribution in [0.25, 0.3) is 43.1 Å². The molecular weight excluding hydrogens is 858 g/mol. The number of nitrogens with zero attached hydrogens (tertiary/aromatic N) is 2. The molecule has 320 valence electrons. The van der Waals surface area contributed by atoms with Crippen LogP contribution >= 0.6 is 46.4 Å². The molecule has 0 radical (unpaired) electrons. The van der Waals surface area contributed by atoms with Gasteiger partial charge in [0.15, 0.2) is 0 Å². The molecule has 4 amide bonds. The van der Waals surface area contributed by atoms with E-state index in [1.165, 1.54) is 94.1 Å². The second kappa shape index (κ2) is 19.2. The van der Waals surface area contributed by atoms with Crippen LogP contribution in [-0.2, 0) is 8.85 Å². The Morgan fingerprint density at radius 2 is 0.733 bits per heavy atom. The van der Waals surface area contributed by atoms with Gasteiger partial charge < -0.3 is 8.85 Å². The van der Waals surface area contributed by atoms with Crippen molar-refractivity contribution in [3.63, 3.8) is 0 Å². The van der Waals surface area contributed by atoms with E-state index in [0.717, 1.165) is 23.8 Å². The van der Waals surface area contributed by atoms with E-state index >= 15 is 0 Å². The zero-order valence-electron chi connectivity index (χ0n) is 35.1. The van der Waals surface area contributed by atoms with E-state index < -0.39 is 32.4 Å². The van der Waals surface area contributed by atoms with Gasteiger partial charge in [-0.3, -0.25) is 28.6 Å². The van der Waals surface area contributed by atoms with E-state index in [4.69, 9.17) is 55.3 Å². The number of amides is 4. The zero-order chi connectivity index (χ0) is 42.9. The second-order valence-corrected chi connectivity index (χ2v) is 20.8. The molecule has 7 rings (SSSR count). The third kappa shape index (κ3) is 8.06. The number of hydrogen-bond donors (Lipinski definition) is 0. The summed E-state index contributed by atoms with van der Waals surface area (Å²) in [6.45, 7) is 8.21. The number of unbranched alkanes of at least 4 members (excludes halogenated alkanes) is 15. The van der Waals surface area contributed by atoms with Crippen LogP contribution in [0.2, 0.25) is 26.6 Å². The summed E-state index contributed by atoms with van der Waals surface area (Å²) in [7, 11) is -3.55. The molecule has 0 fully saturated rings. The lowest BCUT2D eigenvalue weighted by atomic mass is 9.82. The quantitative estimate of drug-likeness (QED) is 0.0226. The maximum absolute atomic E-state index is 14.4. The Balaban J connectivity index is 1.13. The van der Waals surface area contributed by atoms with Crippen LogP contribution in [-0.4, -0.2) is 61.6 Å². The highest BCUT2D eigenvalue weighted by Gasteiger charge is 2.51. The summed E-state index contributed by atoms with van der Waals surface area (Å²) < 4.78 is 13.1. The first kappa shape index (κ1) is 45.0. The molecule has 0 N–H and O–H groups in total. The molecule has 0 aliphatic carbocycles. The van der Waals surface area contributed by atoms with Crippen molar-refractivity contribution in [3.05, 3.63) is 66.6 Å². The number of halogens is 4. The molecular formula is C47H54Cl4N2O6Si. The molecule has 0 atom stereocenters. The van der Waals surface area contributed by atoms with Gasteiger partial charge in [0.1, 0.15) is 0 Å². The largest absolute Gasteiger partial charge is 0.465 e. The van der Waals surface area contributed by atoms with Gasteiger partial charge in [0, 0.05) is 101 Å². The predicted molar refractivity (Wildman–Crippen MR) is 248 cm³/mol. The van der Waals surface area contributed by atoms with Gasteiger partial charge in [-0.25, -0.2) is 0 Å². The maximum Gasteiger partial charge on any atom is 0.465 e. The van der Waals surface area contributed by atoms with Crippen molar-refractivity contribution in [1.29, 1.82) is 0 Å². The fourth-order valence-electron chi connectivity index (χ4n) is 9.61. The SMILES string of the molecule is CCCCCCCCCCCCCCCCCCN1C(=O)c2cc(Cl)c3c4c(Cl)cc5c6c(cc(Cl)c(c7c(Cl)cc(c2c37)C1=O)c64)C(=O)N([Si](C)(OCC)OCC)C5=O. The lowest BCUT2D eigenvalue weighted by Crippen LogP contribution is -2.62. The Labute approximate surface area is 373 Å². The fraction of sp³-hybridized carbons (Fsp3) is 0.489. The van der Waals surface area contributed by atoms with Crippen LogP contribution in [0.5, 0.6) is 0 Å². The van der Waals surface area contributed by atoms with Gasteiger partial charge in [-0.2, -0.15) is 0 Å². The highest BCUT2D eigenvalue weighted by Crippen LogP contribution is 2.54. The normalized spacial score (nSPS) is 14.5. The smallest absolute Gasteiger partial charge is 0.378 e. The van der Waals surface area contributed by atoms with Crippen molar-refractivity contribution in [1.82, 2.24) is 9.47 Å². The highest BCUT2D eigenvalue weighted by molar-refractivity contribution is 6.71. The molecule has 5 aromatic carbocycles. The van der Waals surface area contributed by atoms with Gasteiger partial charge in [0.25, 0.3) is 23.6 Å². The number of rotatable bonds is 22. The zero-order valence-corrected chi connectivity index (χ0v) is 39.1. The summed E-state index contributed by atoms with van der Waals surface area (Å²) in [6.07, 6.45) is 19.7. The van der Waals surface area contributed by atoms with Crippen molar-refractivity contribution < 1.29 is 28.0 Å². The Kier molecular flexibility index (Phi) is 14.4. The van der Waals surface area contributed by atoms with Crippen molar-refractivity contribution in [3.8, 4) is 0 Å². The number of fused-ring (bicyclic) bond motifs is 2. The topological polar surface area (TPSA) is 93.2 Å². The second-order valence-electron chi connectivity index (χ2n) is 16.4. The van der Waals surface area contributed by atoms with Crippen LogP contribution < -0.4 is 0 Å². The third-order valence-electron chi connectivity index (χ3n) is 12.4. The Bertz CT molecular complexity index is 2350. The number of benzene rings is 5. The van der Waals surface area contributed by atoms with Crippen LogP contribution in [0.1, 0.15) is 165 Å². The van der Waals surface area contributed by atoms with E-state index in [-0.39, 0.29) is 51.0 Å². The first-order valence-corrected chi connectivity index (χ1v) is 25.7. The summed E-state index contributed by atoms with van der Waals surface area (Å²) in [5, 5.41) is 4.24. The summed E-state index contributed by atoms with van der Waals surface area (Å²) >= 11 is 28.6. The molecule has 60 heavy (non-hydrogen) atoms. The third-order valence-corrected chi connectivity index (χ3v) is 16.5. The fourth-order valence-corrected chi connectivity index (χ4v) is 13.2. The van der Waals surface area contributed by atoms with E-state index in [2.05, 4.69) is 6.92 Å². The molecule has 2 heterocycles. The molecule has 2 aliphatic rings. The van der Waals surface area contributed by atoms with Crippen LogP contribution in [0.4, 0.5) is 0 Å². The summed E-state index contributed by atoms with van der Waals surface area (Å²) in [5.41, 5.74) is 0.948. The number of carbonyl (C=O) groups is 4. The van der Waals surface area contributed by atoms with E-state index in [1.54, 1.807) is 32.5 Å². The van der Waals surface area contributed by atoms with Crippen molar-refractivity contribution in [2.45, 2.75) is 130 Å². The lowest BCUT2D eigenvalue weighted by molar-refractivity contribution is 0.0573. The van der Waals surface area contributed by atoms with Gasteiger partial charge in [0.2, 0.25) is 0 Å². The Hall–Kier alpha value is -3.02. The first-order valence-electron chi connectivity index (χ1n) is 21.9. The summed E-state index contributed by atoms with van der Waals surface area (Å²) in [4.78, 5) is 58.5. The van der Waals surface area contributed by atoms with Gasteiger partial charge in [-0.15, -0.1) is 0 Å². The van der Waals surface area contributed by atoms with Gasteiger partial charge >= 0.3 is 8.72 Å². The summed E-state index contributed by atoms with van der Waals surface area (Å²) in [6, 6.07) is 6.24. The molecule has 13 heteroatoms. The number of carbonyl (C=O) groups excluding carboxylic acids is 4. The van der Waals surface area contributed by atoms with Crippen molar-refractivity contribution in [2.24, 2.45) is 0 Å². The van der Waals surface area contributed by atoms with E-state index in [1.807, 2.05) is 0 Å². The molecule has 0 unspecified atom stereocenters. The standard InChI is InChI=1S/C47H54Cl4N2O6Si/c1-5-8-9-10-11-12-13-14-15-16-17-18-19-20-21-22-23-52-44(54)28-24-32(48)38-40-34(50)26-30-37-31(47(57)53(46(30)56)60(4,58-6-2)59-7-3)27-35(51)41(43(37)40)39-33(49)25-29(45(52)55)36(28)42(38)39/h24-27H,5-23H2,1-4H3. The van der Waals surface area contributed by atoms with Crippen LogP contribution in [0, 0.1) is 0 Å². The van der Waals surface area contributed by atoms with Crippen LogP contribution in [0.3, 0.4) is 0 Å². The maximum atomic E-state index is 14.4. The minimum atomic E-state index is -3.55.